The predicted molar refractivity (Wildman–Crippen MR) is 88.9 cm³/mol. The molecule has 0 amide bonds. The molecule has 0 aliphatic rings. The van der Waals surface area contributed by atoms with Gasteiger partial charge in [-0.3, -0.25) is 4.79 Å². The van der Waals surface area contributed by atoms with Gasteiger partial charge in [0.05, 0.1) is 0 Å². The van der Waals surface area contributed by atoms with E-state index in [9.17, 15) is 4.79 Å². The first-order valence-electron chi connectivity index (χ1n) is 7.85. The van der Waals surface area contributed by atoms with Crippen molar-refractivity contribution in [1.82, 2.24) is 0 Å². The number of ketones is 1. The van der Waals surface area contributed by atoms with Gasteiger partial charge in [0.1, 0.15) is 5.75 Å². The van der Waals surface area contributed by atoms with Gasteiger partial charge >= 0.3 is 0 Å². The van der Waals surface area contributed by atoms with Crippen LogP contribution in [0.3, 0.4) is 0 Å². The number of rotatable bonds is 6. The molecule has 0 aliphatic carbocycles. The highest BCUT2D eigenvalue weighted by atomic mass is 16.5. The van der Waals surface area contributed by atoms with E-state index in [1.165, 1.54) is 5.56 Å². The van der Waals surface area contributed by atoms with Crippen LogP contribution in [0.4, 0.5) is 0 Å². The fourth-order valence-electron chi connectivity index (χ4n) is 2.97. The first kappa shape index (κ1) is 17.7. The number of hydrogen-bond donors (Lipinski definition) is 0. The average Bonchev–Trinajstić information content (AvgIpc) is 2.35. The van der Waals surface area contributed by atoms with Crippen LogP contribution >= 0.6 is 0 Å². The van der Waals surface area contributed by atoms with E-state index in [0.29, 0.717) is 11.8 Å². The molecule has 0 saturated carbocycles. The van der Waals surface area contributed by atoms with Crippen molar-refractivity contribution in [3.63, 3.8) is 0 Å². The Morgan fingerprint density at radius 3 is 2.05 bits per heavy atom. The van der Waals surface area contributed by atoms with Crippen LogP contribution in [-0.2, 0) is 10.2 Å². The summed E-state index contributed by atoms with van der Waals surface area (Å²) in [7, 11) is 0. The molecule has 21 heavy (non-hydrogen) atoms. The zero-order chi connectivity index (χ0) is 16.3. The van der Waals surface area contributed by atoms with Crippen LogP contribution in [0.5, 0.6) is 5.75 Å². The maximum atomic E-state index is 11.6. The quantitative estimate of drug-likeness (QED) is 0.724. The van der Waals surface area contributed by atoms with E-state index in [2.05, 4.69) is 46.8 Å². The van der Waals surface area contributed by atoms with Crippen LogP contribution in [0.15, 0.2) is 24.3 Å². The summed E-state index contributed by atoms with van der Waals surface area (Å²) in [5.74, 6) is 0.895. The molecule has 118 valence electrons. The molecule has 0 radical (unpaired) electrons. The Hall–Kier alpha value is -1.31. The van der Waals surface area contributed by atoms with Crippen LogP contribution in [-0.4, -0.2) is 11.9 Å². The second kappa shape index (κ2) is 6.64. The molecule has 2 heteroatoms. The van der Waals surface area contributed by atoms with E-state index in [1.54, 1.807) is 0 Å². The zero-order valence-corrected chi connectivity index (χ0v) is 14.6. The number of benzene rings is 1. The molecule has 0 N–H and O–H groups in total. The fourth-order valence-corrected chi connectivity index (χ4v) is 2.97. The van der Waals surface area contributed by atoms with Crippen LogP contribution in [0.25, 0.3) is 0 Å². The summed E-state index contributed by atoms with van der Waals surface area (Å²) >= 11 is 0. The Balaban J connectivity index is 2.80. The van der Waals surface area contributed by atoms with E-state index < -0.39 is 0 Å². The first-order chi connectivity index (χ1) is 9.55. The van der Waals surface area contributed by atoms with Crippen LogP contribution in [0, 0.1) is 5.41 Å². The van der Waals surface area contributed by atoms with E-state index in [-0.39, 0.29) is 17.3 Å². The molecule has 1 unspecified atom stereocenters. The van der Waals surface area contributed by atoms with Crippen molar-refractivity contribution in [2.24, 2.45) is 5.41 Å². The summed E-state index contributed by atoms with van der Waals surface area (Å²) in [6.07, 6.45) is 1.26. The van der Waals surface area contributed by atoms with Crippen molar-refractivity contribution >= 4 is 5.78 Å². The van der Waals surface area contributed by atoms with Crippen molar-refractivity contribution in [3.05, 3.63) is 29.8 Å². The molecule has 0 aromatic heterocycles. The maximum Gasteiger partial charge on any atom is 0.172 e. The van der Waals surface area contributed by atoms with E-state index in [1.807, 2.05) is 26.0 Å². The molecule has 1 rings (SSSR count). The lowest BCUT2D eigenvalue weighted by molar-refractivity contribution is -0.124. The summed E-state index contributed by atoms with van der Waals surface area (Å²) in [5.41, 5.74) is 1.72. The van der Waals surface area contributed by atoms with E-state index >= 15 is 0 Å². The maximum absolute atomic E-state index is 11.6. The number of ether oxygens (including phenoxy) is 1. The molecular formula is C19H30O2. The zero-order valence-electron chi connectivity index (χ0n) is 14.6. The Labute approximate surface area is 129 Å². The lowest BCUT2D eigenvalue weighted by Crippen LogP contribution is -2.25. The number of carbonyl (C=O) groups is 1. The Morgan fingerprint density at radius 1 is 1.10 bits per heavy atom. The minimum absolute atomic E-state index is 0.127. The largest absolute Gasteiger partial charge is 0.483 e. The van der Waals surface area contributed by atoms with E-state index in [4.69, 9.17) is 4.74 Å². The first-order valence-corrected chi connectivity index (χ1v) is 7.85. The third-order valence-electron chi connectivity index (χ3n) is 3.72. The molecule has 0 saturated heterocycles. The predicted octanol–water partition coefficient (Wildman–Crippen LogP) is 5.15. The van der Waals surface area contributed by atoms with E-state index in [0.717, 1.165) is 12.2 Å². The van der Waals surface area contributed by atoms with Crippen molar-refractivity contribution < 1.29 is 9.53 Å². The normalized spacial score (nSPS) is 13.9. The summed E-state index contributed by atoms with van der Waals surface area (Å²) in [6.45, 7) is 15.0. The highest BCUT2D eigenvalue weighted by Crippen LogP contribution is 2.36. The third kappa shape index (κ3) is 5.53. The van der Waals surface area contributed by atoms with Gasteiger partial charge in [0, 0.05) is 6.42 Å². The van der Waals surface area contributed by atoms with Crippen molar-refractivity contribution in [2.45, 2.75) is 72.8 Å². The van der Waals surface area contributed by atoms with Crippen molar-refractivity contribution in [1.29, 1.82) is 0 Å². The van der Waals surface area contributed by atoms with Gasteiger partial charge in [0.15, 0.2) is 11.9 Å². The fraction of sp³-hybridized carbons (Fsp3) is 0.632. The molecule has 0 fully saturated rings. The third-order valence-corrected chi connectivity index (χ3v) is 3.72. The molecule has 1 aromatic rings. The highest BCUT2D eigenvalue weighted by molar-refractivity contribution is 5.82. The van der Waals surface area contributed by atoms with Gasteiger partial charge in [0.25, 0.3) is 0 Å². The molecular weight excluding hydrogens is 260 g/mol. The van der Waals surface area contributed by atoms with Crippen LogP contribution in [0.2, 0.25) is 0 Å². The summed E-state index contributed by atoms with van der Waals surface area (Å²) in [5, 5.41) is 0. The summed E-state index contributed by atoms with van der Waals surface area (Å²) in [6, 6.07) is 8.17. The monoisotopic (exact) mass is 290 g/mol. The summed E-state index contributed by atoms with van der Waals surface area (Å²) in [4.78, 5) is 11.6. The van der Waals surface area contributed by atoms with Gasteiger partial charge in [-0.2, -0.15) is 0 Å². The molecule has 0 heterocycles. The smallest absolute Gasteiger partial charge is 0.172 e. The van der Waals surface area contributed by atoms with Crippen LogP contribution < -0.4 is 4.74 Å². The Morgan fingerprint density at radius 2 is 1.62 bits per heavy atom. The van der Waals surface area contributed by atoms with Crippen LogP contribution in [0.1, 0.15) is 66.9 Å². The molecule has 0 spiro atoms. The number of Topliss-reactive ketones (excluding diaryl/α,β-unsaturated/α-hetero) is 1. The minimum Gasteiger partial charge on any atom is -0.483 e. The van der Waals surface area contributed by atoms with Gasteiger partial charge in [-0.15, -0.1) is 0 Å². The number of carbonyl (C=O) groups excluding carboxylic acids is 1. The van der Waals surface area contributed by atoms with Gasteiger partial charge in [-0.1, -0.05) is 53.7 Å². The van der Waals surface area contributed by atoms with Gasteiger partial charge < -0.3 is 4.74 Å². The second-order valence-electron chi connectivity index (χ2n) is 7.73. The molecule has 0 bridgehead atoms. The second-order valence-corrected chi connectivity index (χ2v) is 7.73. The van der Waals surface area contributed by atoms with Gasteiger partial charge in [0.2, 0.25) is 0 Å². The van der Waals surface area contributed by atoms with Gasteiger partial charge in [-0.25, -0.2) is 0 Å². The highest BCUT2D eigenvalue weighted by Gasteiger charge is 2.27. The summed E-state index contributed by atoms with van der Waals surface area (Å²) < 4.78 is 5.69. The lowest BCUT2D eigenvalue weighted by Gasteiger charge is -2.33. The lowest BCUT2D eigenvalue weighted by atomic mass is 9.72. The molecule has 0 aliphatic heterocycles. The molecule has 1 aromatic carbocycles. The average molecular weight is 290 g/mol. The SMILES string of the molecule is CCC(=O)C(C)Oc1ccc(C(C)(C)CC(C)(C)C)cc1. The molecule has 1 atom stereocenters. The Bertz CT molecular complexity index is 463. The Kier molecular flexibility index (Phi) is 5.61. The number of hydrogen-bond acceptors (Lipinski definition) is 2. The standard InChI is InChI=1S/C19H30O2/c1-8-17(20)14(2)21-16-11-9-15(10-12-16)19(6,7)13-18(3,4)5/h9-12,14H,8,13H2,1-7H3. The topological polar surface area (TPSA) is 26.3 Å². The van der Waals surface area contributed by atoms with Crippen molar-refractivity contribution in [2.75, 3.05) is 0 Å². The van der Waals surface area contributed by atoms with Gasteiger partial charge in [-0.05, 0) is 41.9 Å². The minimum atomic E-state index is -0.372. The molecule has 2 nitrogen and oxygen atoms in total. The van der Waals surface area contributed by atoms with Crippen molar-refractivity contribution in [3.8, 4) is 5.75 Å².